The Morgan fingerprint density at radius 2 is 1.27 bits per heavy atom. The van der Waals surface area contributed by atoms with Gasteiger partial charge in [-0.15, -0.1) is 0 Å². The van der Waals surface area contributed by atoms with Crippen molar-refractivity contribution in [1.82, 2.24) is 0 Å². The largest absolute Gasteiger partial charge is 0.451 e. The summed E-state index contributed by atoms with van der Waals surface area (Å²) < 4.78 is 6.31. The minimum absolute atomic E-state index is 0.294. The van der Waals surface area contributed by atoms with Gasteiger partial charge in [0.15, 0.2) is 6.10 Å². The number of ether oxygens (including phenoxy) is 1. The third-order valence-corrected chi connectivity index (χ3v) is 8.51. The number of imide groups is 1. The minimum atomic E-state index is -1.02. The van der Waals surface area contributed by atoms with Crippen LogP contribution < -0.4 is 9.80 Å². The van der Waals surface area contributed by atoms with Gasteiger partial charge in [-0.1, -0.05) is 115 Å². The molecule has 4 aromatic rings. The van der Waals surface area contributed by atoms with Crippen LogP contribution in [0.4, 0.5) is 11.4 Å². The van der Waals surface area contributed by atoms with Gasteiger partial charge in [-0.2, -0.15) is 0 Å². The van der Waals surface area contributed by atoms with Gasteiger partial charge >= 0.3 is 5.97 Å². The Labute approximate surface area is 242 Å². The quantitative estimate of drug-likeness (QED) is 0.219. The summed E-state index contributed by atoms with van der Waals surface area (Å²) in [6.07, 6.45) is 3.18. The summed E-state index contributed by atoms with van der Waals surface area (Å²) in [5.41, 5.74) is 3.64. The van der Waals surface area contributed by atoms with Crippen LogP contribution in [0.15, 0.2) is 115 Å². The van der Waals surface area contributed by atoms with E-state index in [1.807, 2.05) is 102 Å². The van der Waals surface area contributed by atoms with Crippen LogP contribution in [0.2, 0.25) is 5.02 Å². The molecule has 4 aromatic carbocycles. The van der Waals surface area contributed by atoms with Crippen LogP contribution in [0, 0.1) is 11.8 Å². The maximum Gasteiger partial charge on any atom is 0.330 e. The number of amides is 2. The Balaban J connectivity index is 1.33. The number of carbonyl (C=O) groups is 3. The molecule has 0 bridgehead atoms. The predicted molar refractivity (Wildman–Crippen MR) is 157 cm³/mol. The lowest BCUT2D eigenvalue weighted by molar-refractivity contribution is -0.151. The molecule has 7 rings (SSSR count). The van der Waals surface area contributed by atoms with Gasteiger partial charge in [0.25, 0.3) is 0 Å². The molecule has 2 saturated heterocycles. The van der Waals surface area contributed by atoms with Crippen LogP contribution in [-0.2, 0) is 19.1 Å². The molecule has 3 heterocycles. The van der Waals surface area contributed by atoms with E-state index in [4.69, 9.17) is 16.3 Å². The van der Waals surface area contributed by atoms with E-state index in [0.29, 0.717) is 10.7 Å². The van der Waals surface area contributed by atoms with E-state index in [-0.39, 0.29) is 5.91 Å². The highest BCUT2D eigenvalue weighted by molar-refractivity contribution is 6.36. The number of carbonyl (C=O) groups excluding carboxylic acids is 3. The molecule has 3 aliphatic heterocycles. The van der Waals surface area contributed by atoms with E-state index >= 15 is 0 Å². The van der Waals surface area contributed by atoms with Crippen LogP contribution in [0.25, 0.3) is 6.08 Å². The molecule has 0 radical (unpaired) electrons. The fourth-order valence-corrected chi connectivity index (χ4v) is 6.65. The van der Waals surface area contributed by atoms with Crippen molar-refractivity contribution >= 4 is 46.8 Å². The van der Waals surface area contributed by atoms with Gasteiger partial charge in [0.2, 0.25) is 11.8 Å². The number of anilines is 2. The van der Waals surface area contributed by atoms with E-state index in [1.165, 1.54) is 0 Å². The van der Waals surface area contributed by atoms with Crippen molar-refractivity contribution in [2.45, 2.75) is 18.2 Å². The Hall–Kier alpha value is -4.68. The van der Waals surface area contributed by atoms with E-state index < -0.39 is 41.9 Å². The number of hydrogen-bond acceptors (Lipinski definition) is 5. The van der Waals surface area contributed by atoms with Gasteiger partial charge in [0.05, 0.1) is 28.6 Å². The summed E-state index contributed by atoms with van der Waals surface area (Å²) >= 11 is 6.44. The van der Waals surface area contributed by atoms with E-state index in [1.54, 1.807) is 24.3 Å². The van der Waals surface area contributed by atoms with Crippen LogP contribution in [-0.4, -0.2) is 29.9 Å². The molecular formula is C34H25ClN2O4. The Morgan fingerprint density at radius 1 is 0.707 bits per heavy atom. The molecule has 7 heteroatoms. The first-order valence-electron chi connectivity index (χ1n) is 13.5. The summed E-state index contributed by atoms with van der Waals surface area (Å²) in [6, 6.07) is 32.0. The first-order valence-corrected chi connectivity index (χ1v) is 13.9. The molecule has 0 saturated carbocycles. The second-order valence-electron chi connectivity index (χ2n) is 10.4. The second kappa shape index (κ2) is 10.1. The molecular weight excluding hydrogens is 536 g/mol. The lowest BCUT2D eigenvalue weighted by Crippen LogP contribution is -2.49. The molecule has 0 N–H and O–H groups in total. The highest BCUT2D eigenvalue weighted by Gasteiger charge is 2.65. The van der Waals surface area contributed by atoms with Gasteiger partial charge in [-0.25, -0.2) is 9.69 Å². The standard InChI is InChI=1S/C34H25ClN2O4/c35-24-16-8-10-18-26(24)37-32(38)28-27-20-19-21-11-7-9-17-25(21)36(27)30(29(28)33(37)39)34(40)41-31(22-12-3-1-4-13-22)23-14-5-2-6-15-23/h1-20,27-31H/t27-,28-,29-,30+/m0/s1. The monoisotopic (exact) mass is 560 g/mol. The number of rotatable bonds is 5. The number of hydrogen-bond donors (Lipinski definition) is 0. The summed E-state index contributed by atoms with van der Waals surface area (Å²) in [4.78, 5) is 45.5. The third kappa shape index (κ3) is 4.06. The molecule has 4 atom stereocenters. The van der Waals surface area contributed by atoms with E-state index in [0.717, 1.165) is 27.3 Å². The molecule has 2 amide bonds. The van der Waals surface area contributed by atoms with Crippen molar-refractivity contribution in [2.24, 2.45) is 11.8 Å². The zero-order chi connectivity index (χ0) is 28.1. The van der Waals surface area contributed by atoms with Gasteiger partial charge < -0.3 is 9.64 Å². The molecule has 0 aliphatic carbocycles. The van der Waals surface area contributed by atoms with Crippen molar-refractivity contribution in [1.29, 1.82) is 0 Å². The lowest BCUT2D eigenvalue weighted by Gasteiger charge is -2.36. The highest BCUT2D eigenvalue weighted by atomic mass is 35.5. The fraction of sp³-hybridized carbons (Fsp3) is 0.147. The highest BCUT2D eigenvalue weighted by Crippen LogP contribution is 2.50. The topological polar surface area (TPSA) is 66.9 Å². The first-order chi connectivity index (χ1) is 20.0. The van der Waals surface area contributed by atoms with Gasteiger partial charge in [-0.3, -0.25) is 9.59 Å². The zero-order valence-electron chi connectivity index (χ0n) is 21.8. The average Bonchev–Trinajstić information content (AvgIpc) is 3.49. The molecule has 0 aromatic heterocycles. The number of esters is 1. The Morgan fingerprint density at radius 3 is 1.93 bits per heavy atom. The number of halogens is 1. The summed E-state index contributed by atoms with van der Waals surface area (Å²) in [7, 11) is 0. The van der Waals surface area contributed by atoms with Crippen LogP contribution >= 0.6 is 11.6 Å². The third-order valence-electron chi connectivity index (χ3n) is 8.19. The SMILES string of the molecule is O=C(OC(c1ccccc1)c1ccccc1)[C@H]1[C@H]2C(=O)N(c3ccccc3Cl)C(=O)[C@H]2[C@@H]2C=Cc3ccccc3N21. The average molecular weight is 561 g/mol. The predicted octanol–water partition coefficient (Wildman–Crippen LogP) is 6.06. The summed E-state index contributed by atoms with van der Waals surface area (Å²) in [5, 5.41) is 0.294. The number of benzene rings is 4. The number of nitrogens with zero attached hydrogens (tertiary/aromatic N) is 2. The maximum absolute atomic E-state index is 14.4. The van der Waals surface area contributed by atoms with E-state index in [9.17, 15) is 14.4 Å². The van der Waals surface area contributed by atoms with Gasteiger partial charge in [0.1, 0.15) is 6.04 Å². The molecule has 3 aliphatic rings. The van der Waals surface area contributed by atoms with Crippen molar-refractivity contribution in [3.05, 3.63) is 137 Å². The molecule has 41 heavy (non-hydrogen) atoms. The zero-order valence-corrected chi connectivity index (χ0v) is 22.6. The maximum atomic E-state index is 14.4. The molecule has 6 nitrogen and oxygen atoms in total. The first kappa shape index (κ1) is 25.3. The summed E-state index contributed by atoms with van der Waals surface area (Å²) in [5.74, 6) is -3.10. The smallest absolute Gasteiger partial charge is 0.330 e. The minimum Gasteiger partial charge on any atom is -0.451 e. The summed E-state index contributed by atoms with van der Waals surface area (Å²) in [6.45, 7) is 0. The second-order valence-corrected chi connectivity index (χ2v) is 10.8. The van der Waals surface area contributed by atoms with Gasteiger partial charge in [0, 0.05) is 5.69 Å². The van der Waals surface area contributed by atoms with Crippen LogP contribution in [0.1, 0.15) is 22.8 Å². The lowest BCUT2D eigenvalue weighted by atomic mass is 9.88. The van der Waals surface area contributed by atoms with Crippen LogP contribution in [0.3, 0.4) is 0 Å². The molecule has 0 unspecified atom stereocenters. The van der Waals surface area contributed by atoms with Crippen molar-refractivity contribution in [2.75, 3.05) is 9.80 Å². The van der Waals surface area contributed by atoms with E-state index in [2.05, 4.69) is 0 Å². The Bertz CT molecular complexity index is 1650. The number of fused-ring (bicyclic) bond motifs is 5. The van der Waals surface area contributed by atoms with Crippen LogP contribution in [0.5, 0.6) is 0 Å². The van der Waals surface area contributed by atoms with Gasteiger partial charge in [-0.05, 0) is 34.9 Å². The van der Waals surface area contributed by atoms with Crippen molar-refractivity contribution in [3.8, 4) is 0 Å². The van der Waals surface area contributed by atoms with Crippen molar-refractivity contribution < 1.29 is 19.1 Å². The molecule has 202 valence electrons. The Kier molecular flexibility index (Phi) is 6.20. The number of para-hydroxylation sites is 2. The molecule has 2 fully saturated rings. The fourth-order valence-electron chi connectivity index (χ4n) is 6.42. The van der Waals surface area contributed by atoms with Crippen molar-refractivity contribution in [3.63, 3.8) is 0 Å². The molecule has 0 spiro atoms. The normalized spacial score (nSPS) is 22.5.